The summed E-state index contributed by atoms with van der Waals surface area (Å²) in [5, 5.41) is 2.96. The van der Waals surface area contributed by atoms with Gasteiger partial charge in [0.25, 0.3) is 0 Å². The van der Waals surface area contributed by atoms with Gasteiger partial charge in [-0.2, -0.15) is 8.78 Å². The minimum absolute atomic E-state index is 0.103. The molecule has 7 heteroatoms. The van der Waals surface area contributed by atoms with E-state index >= 15 is 0 Å². The largest absolute Gasteiger partial charge is 0.435 e. The van der Waals surface area contributed by atoms with Gasteiger partial charge in [-0.3, -0.25) is 0 Å². The number of nitrogens with zero attached hydrogens (tertiary/aromatic N) is 2. The zero-order valence-corrected chi connectivity index (χ0v) is 12.4. The molecule has 106 valence electrons. The van der Waals surface area contributed by atoms with Crippen LogP contribution in [0.4, 0.5) is 14.6 Å². The predicted octanol–water partition coefficient (Wildman–Crippen LogP) is 3.86. The standard InChI is InChI=1S/C13H12BrF2N3O/c1-7-10(14)12(17-2)19-11(18-7)8-3-5-9(6-4-8)20-13(15)16/h3-6,13H,1-2H3,(H,17,18,19). The summed E-state index contributed by atoms with van der Waals surface area (Å²) in [5.41, 5.74) is 1.51. The molecular weight excluding hydrogens is 332 g/mol. The van der Waals surface area contributed by atoms with Crippen LogP contribution < -0.4 is 10.1 Å². The second-order valence-electron chi connectivity index (χ2n) is 3.95. The highest BCUT2D eigenvalue weighted by molar-refractivity contribution is 9.10. The van der Waals surface area contributed by atoms with Crippen LogP contribution in [0.3, 0.4) is 0 Å². The number of hydrogen-bond acceptors (Lipinski definition) is 4. The maximum Gasteiger partial charge on any atom is 0.387 e. The number of anilines is 1. The summed E-state index contributed by atoms with van der Waals surface area (Å²) in [6.45, 7) is -0.979. The van der Waals surface area contributed by atoms with Gasteiger partial charge in [0.2, 0.25) is 0 Å². The number of aryl methyl sites for hydroxylation is 1. The lowest BCUT2D eigenvalue weighted by Gasteiger charge is -2.09. The quantitative estimate of drug-likeness (QED) is 0.915. The normalized spacial score (nSPS) is 10.7. The Morgan fingerprint density at radius 3 is 2.40 bits per heavy atom. The van der Waals surface area contributed by atoms with E-state index in [1.807, 2.05) is 6.92 Å². The Kier molecular flexibility index (Phi) is 4.49. The summed E-state index contributed by atoms with van der Waals surface area (Å²) in [4.78, 5) is 8.71. The number of hydrogen-bond donors (Lipinski definition) is 1. The molecule has 0 aliphatic carbocycles. The van der Waals surface area contributed by atoms with E-state index in [9.17, 15) is 8.78 Å². The molecule has 1 N–H and O–H groups in total. The van der Waals surface area contributed by atoms with Crippen LogP contribution in [0.5, 0.6) is 5.75 Å². The van der Waals surface area contributed by atoms with Gasteiger partial charge in [-0.15, -0.1) is 0 Å². The highest BCUT2D eigenvalue weighted by Crippen LogP contribution is 2.27. The lowest BCUT2D eigenvalue weighted by Crippen LogP contribution is -2.02. The fourth-order valence-electron chi connectivity index (χ4n) is 1.64. The van der Waals surface area contributed by atoms with Crippen molar-refractivity contribution in [2.24, 2.45) is 0 Å². The van der Waals surface area contributed by atoms with E-state index in [4.69, 9.17) is 0 Å². The van der Waals surface area contributed by atoms with Crippen molar-refractivity contribution in [3.05, 3.63) is 34.4 Å². The average Bonchev–Trinajstić information content (AvgIpc) is 2.42. The Labute approximate surface area is 123 Å². The number of nitrogens with one attached hydrogen (secondary N) is 1. The van der Waals surface area contributed by atoms with Gasteiger partial charge in [-0.05, 0) is 47.1 Å². The Hall–Kier alpha value is -1.76. The van der Waals surface area contributed by atoms with Crippen LogP contribution in [0, 0.1) is 6.92 Å². The Bertz CT molecular complexity index is 605. The molecule has 0 aliphatic rings. The smallest absolute Gasteiger partial charge is 0.387 e. The van der Waals surface area contributed by atoms with Gasteiger partial charge in [0.1, 0.15) is 11.6 Å². The van der Waals surface area contributed by atoms with E-state index in [2.05, 4.69) is 36.0 Å². The number of alkyl halides is 2. The molecule has 0 saturated carbocycles. The van der Waals surface area contributed by atoms with Crippen LogP contribution in [0.1, 0.15) is 5.69 Å². The van der Waals surface area contributed by atoms with E-state index in [0.29, 0.717) is 11.6 Å². The van der Waals surface area contributed by atoms with Crippen molar-refractivity contribution < 1.29 is 13.5 Å². The molecule has 2 rings (SSSR count). The molecule has 0 amide bonds. The average molecular weight is 344 g/mol. The Morgan fingerprint density at radius 1 is 1.20 bits per heavy atom. The fourth-order valence-corrected chi connectivity index (χ4v) is 2.02. The highest BCUT2D eigenvalue weighted by atomic mass is 79.9. The molecule has 0 fully saturated rings. The first-order valence-electron chi connectivity index (χ1n) is 5.78. The van der Waals surface area contributed by atoms with Gasteiger partial charge in [0.15, 0.2) is 5.82 Å². The molecule has 0 bridgehead atoms. The van der Waals surface area contributed by atoms with E-state index in [-0.39, 0.29) is 5.75 Å². The summed E-state index contributed by atoms with van der Waals surface area (Å²) in [5.74, 6) is 1.28. The van der Waals surface area contributed by atoms with Crippen molar-refractivity contribution in [1.29, 1.82) is 0 Å². The van der Waals surface area contributed by atoms with Crippen LogP contribution >= 0.6 is 15.9 Å². The van der Waals surface area contributed by atoms with Crippen molar-refractivity contribution in [2.75, 3.05) is 12.4 Å². The molecule has 0 aliphatic heterocycles. The topological polar surface area (TPSA) is 47.0 Å². The molecule has 0 radical (unpaired) electrons. The Morgan fingerprint density at radius 2 is 1.85 bits per heavy atom. The van der Waals surface area contributed by atoms with E-state index in [1.165, 1.54) is 12.1 Å². The van der Waals surface area contributed by atoms with E-state index < -0.39 is 6.61 Å². The molecule has 1 aromatic heterocycles. The molecule has 2 aromatic rings. The Balaban J connectivity index is 2.34. The zero-order valence-electron chi connectivity index (χ0n) is 10.8. The van der Waals surface area contributed by atoms with Crippen LogP contribution in [0.15, 0.2) is 28.7 Å². The number of halogens is 3. The second kappa shape index (κ2) is 6.13. The summed E-state index contributed by atoms with van der Waals surface area (Å²) in [6.07, 6.45) is 0. The van der Waals surface area contributed by atoms with Gasteiger partial charge in [0, 0.05) is 12.6 Å². The van der Waals surface area contributed by atoms with Gasteiger partial charge in [-0.25, -0.2) is 9.97 Å². The van der Waals surface area contributed by atoms with E-state index in [1.54, 1.807) is 19.2 Å². The zero-order chi connectivity index (χ0) is 14.7. The van der Waals surface area contributed by atoms with Crippen LogP contribution in [0.2, 0.25) is 0 Å². The van der Waals surface area contributed by atoms with Crippen molar-refractivity contribution in [3.63, 3.8) is 0 Å². The molecule has 20 heavy (non-hydrogen) atoms. The first-order chi connectivity index (χ1) is 9.51. The number of rotatable bonds is 4. The molecule has 4 nitrogen and oxygen atoms in total. The summed E-state index contributed by atoms with van der Waals surface area (Å²) in [6, 6.07) is 6.20. The third kappa shape index (κ3) is 3.22. The fraction of sp³-hybridized carbons (Fsp3) is 0.231. The van der Waals surface area contributed by atoms with Gasteiger partial charge < -0.3 is 10.1 Å². The summed E-state index contributed by atoms with van der Waals surface area (Å²) in [7, 11) is 1.76. The predicted molar refractivity (Wildman–Crippen MR) is 76.1 cm³/mol. The lowest BCUT2D eigenvalue weighted by molar-refractivity contribution is -0.0498. The molecule has 0 unspecified atom stereocenters. The van der Waals surface area contributed by atoms with Crippen molar-refractivity contribution in [2.45, 2.75) is 13.5 Å². The number of aromatic nitrogens is 2. The van der Waals surface area contributed by atoms with Crippen molar-refractivity contribution >= 4 is 21.7 Å². The third-order valence-corrected chi connectivity index (χ3v) is 3.54. The molecule has 0 spiro atoms. The lowest BCUT2D eigenvalue weighted by atomic mass is 10.2. The van der Waals surface area contributed by atoms with Crippen LogP contribution in [0.25, 0.3) is 11.4 Å². The van der Waals surface area contributed by atoms with Gasteiger partial charge in [0.05, 0.1) is 10.2 Å². The maximum absolute atomic E-state index is 12.1. The first-order valence-corrected chi connectivity index (χ1v) is 6.57. The number of ether oxygens (including phenoxy) is 1. The minimum Gasteiger partial charge on any atom is -0.435 e. The van der Waals surface area contributed by atoms with Gasteiger partial charge >= 0.3 is 6.61 Å². The maximum atomic E-state index is 12.1. The van der Waals surface area contributed by atoms with Gasteiger partial charge in [-0.1, -0.05) is 0 Å². The molecular formula is C13H12BrF2N3O. The SMILES string of the molecule is CNc1nc(-c2ccc(OC(F)F)cc2)nc(C)c1Br. The molecule has 1 aromatic carbocycles. The highest BCUT2D eigenvalue weighted by Gasteiger charge is 2.10. The summed E-state index contributed by atoms with van der Waals surface area (Å²) >= 11 is 3.39. The second-order valence-corrected chi connectivity index (χ2v) is 4.74. The van der Waals surface area contributed by atoms with Crippen molar-refractivity contribution in [1.82, 2.24) is 9.97 Å². The first kappa shape index (κ1) is 14.6. The van der Waals surface area contributed by atoms with Crippen molar-refractivity contribution in [3.8, 4) is 17.1 Å². The monoisotopic (exact) mass is 343 g/mol. The van der Waals surface area contributed by atoms with Crippen LogP contribution in [-0.4, -0.2) is 23.6 Å². The molecule has 1 heterocycles. The van der Waals surface area contributed by atoms with Crippen LogP contribution in [-0.2, 0) is 0 Å². The summed E-state index contributed by atoms with van der Waals surface area (Å²) < 4.78 is 29.3. The minimum atomic E-state index is -2.83. The molecule has 0 saturated heterocycles. The molecule has 0 atom stereocenters. The van der Waals surface area contributed by atoms with E-state index in [0.717, 1.165) is 15.7 Å². The third-order valence-electron chi connectivity index (χ3n) is 2.59. The number of benzene rings is 1.